The van der Waals surface area contributed by atoms with Crippen LogP contribution in [0.25, 0.3) is 0 Å². The van der Waals surface area contributed by atoms with Gasteiger partial charge in [0.2, 0.25) is 5.88 Å². The molecule has 1 aromatic heterocycles. The van der Waals surface area contributed by atoms with Crippen molar-refractivity contribution in [1.29, 1.82) is 0 Å². The second kappa shape index (κ2) is 8.01. The molecule has 3 atom stereocenters. The van der Waals surface area contributed by atoms with Crippen molar-refractivity contribution in [2.75, 3.05) is 19.0 Å². The fourth-order valence-corrected chi connectivity index (χ4v) is 4.11. The molecule has 3 heterocycles. The Hall–Kier alpha value is -1.86. The Morgan fingerprint density at radius 3 is 2.64 bits per heavy atom. The fourth-order valence-electron chi connectivity index (χ4n) is 4.11. The van der Waals surface area contributed by atoms with Gasteiger partial charge in [0, 0.05) is 36.7 Å². The van der Waals surface area contributed by atoms with E-state index in [1.165, 1.54) is 12.8 Å². The number of likely N-dealkylation sites (tertiary alicyclic amines) is 1. The lowest BCUT2D eigenvalue weighted by molar-refractivity contribution is 0.149. The van der Waals surface area contributed by atoms with Gasteiger partial charge in [-0.05, 0) is 32.8 Å². The monoisotopic (exact) mass is 347 g/mol. The summed E-state index contributed by atoms with van der Waals surface area (Å²) in [5.41, 5.74) is 7.35. The molecule has 2 aliphatic rings. The zero-order valence-electron chi connectivity index (χ0n) is 15.3. The highest BCUT2D eigenvalue weighted by atomic mass is 16.5. The minimum atomic E-state index is -0.0369. The number of aromatic nitrogens is 1. The molecule has 3 rings (SSSR count). The summed E-state index contributed by atoms with van der Waals surface area (Å²) in [5.74, 6) is 0.939. The number of hydrogen-bond donors (Lipinski definition) is 3. The molecule has 7 nitrogen and oxygen atoms in total. The van der Waals surface area contributed by atoms with Gasteiger partial charge in [-0.15, -0.1) is 0 Å². The van der Waals surface area contributed by atoms with Crippen LogP contribution in [0.1, 0.15) is 39.5 Å². The van der Waals surface area contributed by atoms with Crippen LogP contribution in [0, 0.1) is 5.92 Å². The highest BCUT2D eigenvalue weighted by Crippen LogP contribution is 2.30. The molecule has 138 valence electrons. The van der Waals surface area contributed by atoms with E-state index < -0.39 is 0 Å². The first-order valence-corrected chi connectivity index (χ1v) is 9.19. The van der Waals surface area contributed by atoms with Crippen molar-refractivity contribution in [3.63, 3.8) is 0 Å². The lowest BCUT2D eigenvalue weighted by atomic mass is 9.85. The minimum absolute atomic E-state index is 0.0369. The van der Waals surface area contributed by atoms with Gasteiger partial charge in [-0.25, -0.2) is 9.78 Å². The number of pyridine rings is 1. The second-order valence-corrected chi connectivity index (χ2v) is 7.07. The molecule has 0 bridgehead atoms. The SMILES string of the molecule is COc1ccc(NC(=O)N2CCCCCC2C2C(C)NNC2C)cn1. The van der Waals surface area contributed by atoms with Gasteiger partial charge in [-0.2, -0.15) is 0 Å². The molecular formula is C18H29N5O2. The van der Waals surface area contributed by atoms with E-state index in [1.807, 2.05) is 11.0 Å². The summed E-state index contributed by atoms with van der Waals surface area (Å²) in [4.78, 5) is 19.2. The Labute approximate surface area is 149 Å². The molecule has 2 aliphatic heterocycles. The number of carbonyl (C=O) groups excluding carboxylic acids is 1. The molecule has 0 aromatic carbocycles. The summed E-state index contributed by atoms with van der Waals surface area (Å²) in [6, 6.07) is 4.46. The van der Waals surface area contributed by atoms with Crippen LogP contribution in [-0.2, 0) is 0 Å². The van der Waals surface area contributed by atoms with Gasteiger partial charge < -0.3 is 15.0 Å². The maximum atomic E-state index is 13.0. The van der Waals surface area contributed by atoms with Gasteiger partial charge in [0.15, 0.2) is 0 Å². The molecule has 0 radical (unpaired) electrons. The second-order valence-electron chi connectivity index (χ2n) is 7.07. The summed E-state index contributed by atoms with van der Waals surface area (Å²) in [6.45, 7) is 5.18. The Balaban J connectivity index is 1.74. The van der Waals surface area contributed by atoms with Crippen LogP contribution in [-0.4, -0.2) is 47.7 Å². The van der Waals surface area contributed by atoms with E-state index in [0.29, 0.717) is 29.6 Å². The standard InChI is InChI=1S/C18H29N5O2/c1-12-17(13(2)22-21-12)15-7-5-4-6-10-23(15)18(24)20-14-8-9-16(25-3)19-11-14/h8-9,11-13,15,17,21-22H,4-7,10H2,1-3H3,(H,20,24). The Kier molecular flexibility index (Phi) is 5.75. The maximum absolute atomic E-state index is 13.0. The number of hydrogen-bond acceptors (Lipinski definition) is 5. The molecule has 0 aliphatic carbocycles. The van der Waals surface area contributed by atoms with Gasteiger partial charge in [0.25, 0.3) is 0 Å². The van der Waals surface area contributed by atoms with E-state index in [9.17, 15) is 4.79 Å². The number of nitrogens with zero attached hydrogens (tertiary/aromatic N) is 2. The van der Waals surface area contributed by atoms with Gasteiger partial charge >= 0.3 is 6.03 Å². The maximum Gasteiger partial charge on any atom is 0.322 e. The molecule has 1 aromatic rings. The quantitative estimate of drug-likeness (QED) is 0.782. The molecule has 2 amide bonds. The minimum Gasteiger partial charge on any atom is -0.481 e. The van der Waals surface area contributed by atoms with E-state index in [1.54, 1.807) is 19.4 Å². The van der Waals surface area contributed by atoms with E-state index in [2.05, 4.69) is 35.0 Å². The van der Waals surface area contributed by atoms with Crippen LogP contribution in [0.3, 0.4) is 0 Å². The van der Waals surface area contributed by atoms with Gasteiger partial charge in [-0.1, -0.05) is 12.8 Å². The summed E-state index contributed by atoms with van der Waals surface area (Å²) >= 11 is 0. The van der Waals surface area contributed by atoms with E-state index in [4.69, 9.17) is 4.74 Å². The number of rotatable bonds is 3. The van der Waals surface area contributed by atoms with Gasteiger partial charge in [0.1, 0.15) is 0 Å². The topological polar surface area (TPSA) is 78.5 Å². The highest BCUT2D eigenvalue weighted by molar-refractivity contribution is 5.89. The largest absolute Gasteiger partial charge is 0.481 e. The van der Waals surface area contributed by atoms with E-state index in [-0.39, 0.29) is 12.1 Å². The summed E-state index contributed by atoms with van der Waals surface area (Å²) in [5, 5.41) is 3.00. The summed E-state index contributed by atoms with van der Waals surface area (Å²) in [6.07, 6.45) is 6.10. The third-order valence-electron chi connectivity index (χ3n) is 5.39. The Bertz CT molecular complexity index is 569. The van der Waals surface area contributed by atoms with Crippen LogP contribution < -0.4 is 20.9 Å². The summed E-state index contributed by atoms with van der Waals surface area (Å²) < 4.78 is 5.07. The van der Waals surface area contributed by atoms with E-state index >= 15 is 0 Å². The zero-order chi connectivity index (χ0) is 17.8. The molecule has 2 saturated heterocycles. The van der Waals surface area contributed by atoms with Crippen LogP contribution in [0.2, 0.25) is 0 Å². The van der Waals surface area contributed by atoms with Crippen LogP contribution in [0.4, 0.5) is 10.5 Å². The van der Waals surface area contributed by atoms with Crippen LogP contribution >= 0.6 is 0 Å². The van der Waals surface area contributed by atoms with Crippen molar-refractivity contribution >= 4 is 11.7 Å². The molecule has 0 spiro atoms. The first kappa shape index (κ1) is 17.9. The number of anilines is 1. The fraction of sp³-hybridized carbons (Fsp3) is 0.667. The Morgan fingerprint density at radius 2 is 2.00 bits per heavy atom. The Morgan fingerprint density at radius 1 is 1.24 bits per heavy atom. The first-order chi connectivity index (χ1) is 12.1. The lowest BCUT2D eigenvalue weighted by Gasteiger charge is -2.37. The number of urea groups is 1. The molecular weight excluding hydrogens is 318 g/mol. The number of ether oxygens (including phenoxy) is 1. The van der Waals surface area contributed by atoms with Crippen molar-refractivity contribution in [1.82, 2.24) is 20.7 Å². The number of methoxy groups -OCH3 is 1. The predicted octanol–water partition coefficient (Wildman–Crippen LogP) is 2.37. The van der Waals surface area contributed by atoms with Crippen molar-refractivity contribution in [2.45, 2.75) is 57.7 Å². The van der Waals surface area contributed by atoms with Crippen molar-refractivity contribution in [2.24, 2.45) is 5.92 Å². The highest BCUT2D eigenvalue weighted by Gasteiger charge is 2.41. The third-order valence-corrected chi connectivity index (χ3v) is 5.39. The average molecular weight is 347 g/mol. The van der Waals surface area contributed by atoms with Crippen molar-refractivity contribution in [3.05, 3.63) is 18.3 Å². The number of hydrazine groups is 1. The predicted molar refractivity (Wildman–Crippen MR) is 97.5 cm³/mol. The molecule has 7 heteroatoms. The van der Waals surface area contributed by atoms with Crippen LogP contribution in [0.5, 0.6) is 5.88 Å². The van der Waals surface area contributed by atoms with Gasteiger partial charge in [0.05, 0.1) is 19.0 Å². The molecule has 3 unspecified atom stereocenters. The number of carbonyl (C=O) groups is 1. The van der Waals surface area contributed by atoms with Crippen LogP contribution in [0.15, 0.2) is 18.3 Å². The van der Waals surface area contributed by atoms with Crippen molar-refractivity contribution < 1.29 is 9.53 Å². The molecule has 25 heavy (non-hydrogen) atoms. The number of nitrogens with one attached hydrogen (secondary N) is 3. The normalized spacial score (nSPS) is 30.0. The van der Waals surface area contributed by atoms with Gasteiger partial charge in [-0.3, -0.25) is 10.9 Å². The molecule has 0 saturated carbocycles. The molecule has 3 N–H and O–H groups in total. The number of amides is 2. The first-order valence-electron chi connectivity index (χ1n) is 9.19. The molecule has 2 fully saturated rings. The average Bonchev–Trinajstić information content (AvgIpc) is 2.82. The van der Waals surface area contributed by atoms with Crippen molar-refractivity contribution in [3.8, 4) is 5.88 Å². The third kappa shape index (κ3) is 4.04. The summed E-state index contributed by atoms with van der Waals surface area (Å²) in [7, 11) is 1.58. The lowest BCUT2D eigenvalue weighted by Crippen LogP contribution is -2.50. The smallest absolute Gasteiger partial charge is 0.322 e. The zero-order valence-corrected chi connectivity index (χ0v) is 15.3. The van der Waals surface area contributed by atoms with E-state index in [0.717, 1.165) is 19.4 Å².